The van der Waals surface area contributed by atoms with Gasteiger partial charge in [0, 0.05) is 6.42 Å². The zero-order valence-electron chi connectivity index (χ0n) is 11.5. The van der Waals surface area contributed by atoms with Gasteiger partial charge in [-0.1, -0.05) is 5.16 Å². The standard InChI is InChI=1S/C12H14ClN3O6/c13-5-8(17)15-12-14-7(6-21-12)10(11(18)19)16-22-9-3-1-2-4-20-9/h6,9H,1-5H2,(H,18,19)(H,14,15,17). The number of alkyl halides is 1. The molecule has 1 aromatic heterocycles. The van der Waals surface area contributed by atoms with E-state index in [0.29, 0.717) is 13.0 Å². The van der Waals surface area contributed by atoms with Gasteiger partial charge in [-0.2, -0.15) is 4.98 Å². The van der Waals surface area contributed by atoms with Gasteiger partial charge < -0.3 is 19.1 Å². The summed E-state index contributed by atoms with van der Waals surface area (Å²) in [6.07, 6.45) is 2.95. The average Bonchev–Trinajstić information content (AvgIpc) is 2.96. The third kappa shape index (κ3) is 4.43. The van der Waals surface area contributed by atoms with Gasteiger partial charge in [0.25, 0.3) is 0 Å². The highest BCUT2D eigenvalue weighted by Gasteiger charge is 2.21. The van der Waals surface area contributed by atoms with Crippen LogP contribution in [0.4, 0.5) is 6.01 Å². The molecule has 2 N–H and O–H groups in total. The van der Waals surface area contributed by atoms with E-state index in [1.54, 1.807) is 0 Å². The maximum Gasteiger partial charge on any atom is 0.360 e. The van der Waals surface area contributed by atoms with E-state index in [1.807, 2.05) is 0 Å². The number of rotatable bonds is 6. The van der Waals surface area contributed by atoms with Crippen LogP contribution in [-0.2, 0) is 19.2 Å². The van der Waals surface area contributed by atoms with E-state index >= 15 is 0 Å². The molecule has 1 atom stereocenters. The lowest BCUT2D eigenvalue weighted by molar-refractivity contribution is -0.162. The molecular weight excluding hydrogens is 318 g/mol. The molecule has 1 aliphatic rings. The number of hydrogen-bond donors (Lipinski definition) is 2. The van der Waals surface area contributed by atoms with Gasteiger partial charge in [0.2, 0.25) is 17.9 Å². The summed E-state index contributed by atoms with van der Waals surface area (Å²) in [6.45, 7) is 0.543. The molecule has 1 amide bonds. The second-order valence-electron chi connectivity index (χ2n) is 4.37. The molecule has 9 nitrogen and oxygen atoms in total. The zero-order valence-corrected chi connectivity index (χ0v) is 12.2. The summed E-state index contributed by atoms with van der Waals surface area (Å²) in [5, 5.41) is 15.0. The molecule has 22 heavy (non-hydrogen) atoms. The molecule has 1 aromatic rings. The van der Waals surface area contributed by atoms with Crippen molar-refractivity contribution in [3.63, 3.8) is 0 Å². The molecule has 1 saturated heterocycles. The number of oxazole rings is 1. The first-order valence-electron chi connectivity index (χ1n) is 6.50. The summed E-state index contributed by atoms with van der Waals surface area (Å²) in [5.74, 6) is -2.16. The van der Waals surface area contributed by atoms with Crippen LogP contribution in [0.3, 0.4) is 0 Å². The number of anilines is 1. The van der Waals surface area contributed by atoms with Crippen molar-refractivity contribution in [2.24, 2.45) is 5.16 Å². The van der Waals surface area contributed by atoms with Crippen molar-refractivity contribution in [1.82, 2.24) is 4.98 Å². The number of nitrogens with one attached hydrogen (secondary N) is 1. The molecule has 1 aliphatic heterocycles. The van der Waals surface area contributed by atoms with Crippen molar-refractivity contribution in [3.8, 4) is 0 Å². The molecular formula is C12H14ClN3O6. The Balaban J connectivity index is 2.06. The molecule has 1 unspecified atom stereocenters. The molecule has 0 aromatic carbocycles. The van der Waals surface area contributed by atoms with Crippen LogP contribution in [-0.4, -0.2) is 46.5 Å². The number of aromatic nitrogens is 1. The average molecular weight is 332 g/mol. The van der Waals surface area contributed by atoms with Crippen LogP contribution in [0, 0.1) is 0 Å². The summed E-state index contributed by atoms with van der Waals surface area (Å²) in [7, 11) is 0. The first kappa shape index (κ1) is 16.2. The number of carboxylic acid groups (broad SMARTS) is 1. The Labute approximate surface area is 130 Å². The molecule has 1 fully saturated rings. The van der Waals surface area contributed by atoms with Crippen LogP contribution in [0.15, 0.2) is 15.8 Å². The van der Waals surface area contributed by atoms with Gasteiger partial charge in [-0.15, -0.1) is 11.6 Å². The predicted molar refractivity (Wildman–Crippen MR) is 74.7 cm³/mol. The zero-order chi connectivity index (χ0) is 15.9. The number of carboxylic acids is 1. The largest absolute Gasteiger partial charge is 0.476 e. The number of nitrogens with zero attached hydrogens (tertiary/aromatic N) is 2. The van der Waals surface area contributed by atoms with E-state index in [0.717, 1.165) is 19.1 Å². The monoisotopic (exact) mass is 331 g/mol. The van der Waals surface area contributed by atoms with E-state index in [4.69, 9.17) is 30.7 Å². The first-order valence-corrected chi connectivity index (χ1v) is 7.04. The van der Waals surface area contributed by atoms with Gasteiger partial charge in [-0.05, 0) is 12.8 Å². The number of oxime groups is 1. The maximum absolute atomic E-state index is 11.2. The van der Waals surface area contributed by atoms with Crippen LogP contribution >= 0.6 is 11.6 Å². The molecule has 10 heteroatoms. The Morgan fingerprint density at radius 1 is 1.55 bits per heavy atom. The van der Waals surface area contributed by atoms with Gasteiger partial charge >= 0.3 is 12.0 Å². The Hall–Kier alpha value is -2.13. The first-order chi connectivity index (χ1) is 10.6. The van der Waals surface area contributed by atoms with E-state index in [9.17, 15) is 9.59 Å². The van der Waals surface area contributed by atoms with Crippen LogP contribution in [0.2, 0.25) is 0 Å². The SMILES string of the molecule is O=C(CCl)Nc1nc(C(=NOC2CCCCO2)C(=O)O)co1. The topological polar surface area (TPSA) is 123 Å². The molecule has 0 radical (unpaired) electrons. The van der Waals surface area contributed by atoms with Crippen LogP contribution in [0.1, 0.15) is 25.0 Å². The summed E-state index contributed by atoms with van der Waals surface area (Å²) in [5.41, 5.74) is -0.544. The lowest BCUT2D eigenvalue weighted by Gasteiger charge is -2.20. The minimum absolute atomic E-state index is 0.0896. The highest BCUT2D eigenvalue weighted by Crippen LogP contribution is 2.15. The summed E-state index contributed by atoms with van der Waals surface area (Å²) < 4.78 is 10.2. The third-order valence-electron chi connectivity index (χ3n) is 2.72. The molecule has 2 rings (SSSR count). The van der Waals surface area contributed by atoms with Crippen molar-refractivity contribution in [1.29, 1.82) is 0 Å². The number of amides is 1. The predicted octanol–water partition coefficient (Wildman–Crippen LogP) is 1.18. The highest BCUT2D eigenvalue weighted by molar-refractivity contribution is 6.41. The Bertz CT molecular complexity index is 567. The second kappa shape index (κ2) is 7.76. The summed E-state index contributed by atoms with van der Waals surface area (Å²) in [4.78, 5) is 31.2. The lowest BCUT2D eigenvalue weighted by Crippen LogP contribution is -2.23. The Kier molecular flexibility index (Phi) is 5.73. The molecule has 120 valence electrons. The van der Waals surface area contributed by atoms with Gasteiger partial charge in [0.1, 0.15) is 17.8 Å². The molecule has 2 heterocycles. The maximum atomic E-state index is 11.2. The quantitative estimate of drug-likeness (QED) is 0.455. The molecule has 0 saturated carbocycles. The number of aliphatic carboxylic acids is 1. The van der Waals surface area contributed by atoms with Crippen molar-refractivity contribution in [2.75, 3.05) is 17.8 Å². The van der Waals surface area contributed by atoms with Gasteiger partial charge in [-0.25, -0.2) is 4.79 Å². The molecule has 0 spiro atoms. The lowest BCUT2D eigenvalue weighted by atomic mass is 10.2. The number of carbonyl (C=O) groups excluding carboxylic acids is 1. The number of ether oxygens (including phenoxy) is 1. The summed E-state index contributed by atoms with van der Waals surface area (Å²) in [6, 6.07) is -0.177. The fourth-order valence-electron chi connectivity index (χ4n) is 1.69. The second-order valence-corrected chi connectivity index (χ2v) is 4.63. The van der Waals surface area contributed by atoms with E-state index < -0.39 is 23.9 Å². The van der Waals surface area contributed by atoms with Gasteiger partial charge in [-0.3, -0.25) is 10.1 Å². The van der Waals surface area contributed by atoms with Gasteiger partial charge in [0.15, 0.2) is 0 Å². The van der Waals surface area contributed by atoms with E-state index in [1.165, 1.54) is 0 Å². The van der Waals surface area contributed by atoms with E-state index in [-0.39, 0.29) is 17.6 Å². The fraction of sp³-hybridized carbons (Fsp3) is 0.500. The number of carbonyl (C=O) groups is 2. The van der Waals surface area contributed by atoms with E-state index in [2.05, 4.69) is 15.5 Å². The number of halogens is 1. The minimum Gasteiger partial charge on any atom is -0.476 e. The molecule has 0 bridgehead atoms. The van der Waals surface area contributed by atoms with Crippen LogP contribution in [0.5, 0.6) is 0 Å². The van der Waals surface area contributed by atoms with Crippen molar-refractivity contribution >= 4 is 35.2 Å². The molecule has 0 aliphatic carbocycles. The smallest absolute Gasteiger partial charge is 0.360 e. The highest BCUT2D eigenvalue weighted by atomic mass is 35.5. The van der Waals surface area contributed by atoms with Crippen molar-refractivity contribution in [3.05, 3.63) is 12.0 Å². The third-order valence-corrected chi connectivity index (χ3v) is 2.96. The van der Waals surface area contributed by atoms with Crippen molar-refractivity contribution < 1.29 is 28.7 Å². The van der Waals surface area contributed by atoms with Crippen LogP contribution in [0.25, 0.3) is 0 Å². The fourth-order valence-corrected chi connectivity index (χ4v) is 1.76. The van der Waals surface area contributed by atoms with Crippen LogP contribution < -0.4 is 5.32 Å². The summed E-state index contributed by atoms with van der Waals surface area (Å²) >= 11 is 5.32. The Morgan fingerprint density at radius 3 is 3.00 bits per heavy atom. The normalized spacial score (nSPS) is 18.8. The Morgan fingerprint density at radius 2 is 2.36 bits per heavy atom. The van der Waals surface area contributed by atoms with Crippen molar-refractivity contribution in [2.45, 2.75) is 25.6 Å². The number of hydrogen-bond acceptors (Lipinski definition) is 7. The minimum atomic E-state index is -1.35. The van der Waals surface area contributed by atoms with Gasteiger partial charge in [0.05, 0.1) is 6.61 Å².